The zero-order valence-electron chi connectivity index (χ0n) is 12.6. The molecule has 0 saturated heterocycles. The molecule has 0 aliphatic heterocycles. The summed E-state index contributed by atoms with van der Waals surface area (Å²) in [7, 11) is 1.66. The van der Waals surface area contributed by atoms with E-state index in [9.17, 15) is 0 Å². The van der Waals surface area contributed by atoms with Gasteiger partial charge >= 0.3 is 0 Å². The molecule has 0 amide bonds. The average Bonchev–Trinajstić information content (AvgIpc) is 2.52. The Morgan fingerprint density at radius 3 is 2.73 bits per heavy atom. The first kappa shape index (κ1) is 14.7. The van der Waals surface area contributed by atoms with Crippen LogP contribution in [-0.2, 0) is 6.54 Å². The first-order chi connectivity index (χ1) is 10.7. The maximum atomic E-state index is 6.01. The zero-order chi connectivity index (χ0) is 15.5. The summed E-state index contributed by atoms with van der Waals surface area (Å²) >= 11 is 6.01. The Hall–Kier alpha value is -2.26. The predicted molar refractivity (Wildman–Crippen MR) is 91.8 cm³/mol. The van der Waals surface area contributed by atoms with Gasteiger partial charge in [-0.05, 0) is 42.3 Å². The SMILES string of the molecule is COc1cccc2c(C)cc(NCc3cccc(Cl)c3)nc12. The highest BCUT2D eigenvalue weighted by Crippen LogP contribution is 2.28. The number of aryl methyl sites for hydroxylation is 1. The van der Waals surface area contributed by atoms with E-state index in [-0.39, 0.29) is 0 Å². The summed E-state index contributed by atoms with van der Waals surface area (Å²) in [6, 6.07) is 15.8. The van der Waals surface area contributed by atoms with Crippen molar-refractivity contribution < 1.29 is 4.74 Å². The highest BCUT2D eigenvalue weighted by atomic mass is 35.5. The Balaban J connectivity index is 1.91. The maximum Gasteiger partial charge on any atom is 0.145 e. The van der Waals surface area contributed by atoms with Crippen LogP contribution in [0.3, 0.4) is 0 Å². The lowest BCUT2D eigenvalue weighted by Gasteiger charge is -2.11. The van der Waals surface area contributed by atoms with Gasteiger partial charge in [-0.3, -0.25) is 0 Å². The monoisotopic (exact) mass is 312 g/mol. The molecule has 3 nitrogen and oxygen atoms in total. The molecule has 0 atom stereocenters. The molecule has 0 aliphatic carbocycles. The van der Waals surface area contributed by atoms with Crippen molar-refractivity contribution in [2.45, 2.75) is 13.5 Å². The van der Waals surface area contributed by atoms with Crippen LogP contribution in [-0.4, -0.2) is 12.1 Å². The summed E-state index contributed by atoms with van der Waals surface area (Å²) in [4.78, 5) is 4.68. The van der Waals surface area contributed by atoms with Gasteiger partial charge in [0.2, 0.25) is 0 Å². The Morgan fingerprint density at radius 1 is 1.14 bits per heavy atom. The van der Waals surface area contributed by atoms with Crippen LogP contribution >= 0.6 is 11.6 Å². The summed E-state index contributed by atoms with van der Waals surface area (Å²) in [6.45, 7) is 2.75. The highest BCUT2D eigenvalue weighted by Gasteiger charge is 2.07. The Kier molecular flexibility index (Phi) is 4.16. The molecule has 4 heteroatoms. The van der Waals surface area contributed by atoms with E-state index in [1.54, 1.807) is 7.11 Å². The standard InChI is InChI=1S/C18H17ClN2O/c1-12-9-17(20-11-13-5-3-6-14(19)10-13)21-18-15(12)7-4-8-16(18)22-2/h3-10H,11H2,1-2H3,(H,20,21). The fourth-order valence-corrected chi connectivity index (χ4v) is 2.70. The van der Waals surface area contributed by atoms with E-state index >= 15 is 0 Å². The van der Waals surface area contributed by atoms with E-state index in [1.807, 2.05) is 42.5 Å². The fraction of sp³-hybridized carbons (Fsp3) is 0.167. The molecular formula is C18H17ClN2O. The van der Waals surface area contributed by atoms with E-state index in [4.69, 9.17) is 16.3 Å². The lowest BCUT2D eigenvalue weighted by molar-refractivity contribution is 0.419. The van der Waals surface area contributed by atoms with Gasteiger partial charge in [-0.25, -0.2) is 4.98 Å². The molecule has 2 aromatic carbocycles. The van der Waals surface area contributed by atoms with Crippen LogP contribution in [0.15, 0.2) is 48.5 Å². The molecule has 0 spiro atoms. The number of anilines is 1. The summed E-state index contributed by atoms with van der Waals surface area (Å²) in [5.41, 5.74) is 3.16. The van der Waals surface area contributed by atoms with E-state index in [1.165, 1.54) is 0 Å². The summed E-state index contributed by atoms with van der Waals surface area (Å²) in [5, 5.41) is 5.19. The van der Waals surface area contributed by atoms with Gasteiger partial charge in [-0.1, -0.05) is 35.9 Å². The fourth-order valence-electron chi connectivity index (χ4n) is 2.49. The number of para-hydroxylation sites is 1. The predicted octanol–water partition coefficient (Wildman–Crippen LogP) is 4.82. The van der Waals surface area contributed by atoms with Crippen molar-refractivity contribution in [2.75, 3.05) is 12.4 Å². The number of benzene rings is 2. The van der Waals surface area contributed by atoms with Gasteiger partial charge in [0.15, 0.2) is 0 Å². The Labute approximate surface area is 134 Å². The number of nitrogens with one attached hydrogen (secondary N) is 1. The number of nitrogens with zero attached hydrogens (tertiary/aromatic N) is 1. The molecule has 22 heavy (non-hydrogen) atoms. The third-order valence-corrected chi connectivity index (χ3v) is 3.83. The number of hydrogen-bond donors (Lipinski definition) is 1. The Morgan fingerprint density at radius 2 is 1.95 bits per heavy atom. The van der Waals surface area contributed by atoms with E-state index in [0.717, 1.165) is 38.6 Å². The molecular weight excluding hydrogens is 296 g/mol. The van der Waals surface area contributed by atoms with Crippen molar-refractivity contribution in [3.63, 3.8) is 0 Å². The van der Waals surface area contributed by atoms with Crippen molar-refractivity contribution in [1.82, 2.24) is 4.98 Å². The van der Waals surface area contributed by atoms with E-state index < -0.39 is 0 Å². The summed E-state index contributed by atoms with van der Waals surface area (Å²) in [6.07, 6.45) is 0. The maximum absolute atomic E-state index is 6.01. The van der Waals surface area contributed by atoms with Crippen LogP contribution < -0.4 is 10.1 Å². The number of rotatable bonds is 4. The van der Waals surface area contributed by atoms with Crippen molar-refractivity contribution >= 4 is 28.3 Å². The van der Waals surface area contributed by atoms with E-state index in [2.05, 4.69) is 23.3 Å². The van der Waals surface area contributed by atoms with Gasteiger partial charge in [-0.15, -0.1) is 0 Å². The zero-order valence-corrected chi connectivity index (χ0v) is 13.3. The van der Waals surface area contributed by atoms with Crippen LogP contribution in [0, 0.1) is 6.92 Å². The largest absolute Gasteiger partial charge is 0.494 e. The molecule has 0 aliphatic rings. The molecule has 0 radical (unpaired) electrons. The topological polar surface area (TPSA) is 34.1 Å². The number of fused-ring (bicyclic) bond motifs is 1. The average molecular weight is 313 g/mol. The molecule has 0 unspecified atom stereocenters. The third kappa shape index (κ3) is 3.00. The normalized spacial score (nSPS) is 10.7. The number of methoxy groups -OCH3 is 1. The minimum Gasteiger partial charge on any atom is -0.494 e. The van der Waals surface area contributed by atoms with Crippen molar-refractivity contribution in [1.29, 1.82) is 0 Å². The van der Waals surface area contributed by atoms with Gasteiger partial charge in [0.25, 0.3) is 0 Å². The van der Waals surface area contributed by atoms with Crippen LogP contribution in [0.25, 0.3) is 10.9 Å². The number of ether oxygens (including phenoxy) is 1. The van der Waals surface area contributed by atoms with Crippen LogP contribution in [0.1, 0.15) is 11.1 Å². The summed E-state index contributed by atoms with van der Waals surface area (Å²) < 4.78 is 5.41. The minimum atomic E-state index is 0.674. The molecule has 1 N–H and O–H groups in total. The molecule has 112 valence electrons. The molecule has 0 fully saturated rings. The summed E-state index contributed by atoms with van der Waals surface area (Å²) in [5.74, 6) is 1.61. The minimum absolute atomic E-state index is 0.674. The first-order valence-electron chi connectivity index (χ1n) is 7.10. The van der Waals surface area contributed by atoms with Crippen LogP contribution in [0.5, 0.6) is 5.75 Å². The second-order valence-electron chi connectivity index (χ2n) is 5.16. The molecule has 3 rings (SSSR count). The van der Waals surface area contributed by atoms with Crippen LogP contribution in [0.2, 0.25) is 5.02 Å². The lowest BCUT2D eigenvalue weighted by Crippen LogP contribution is -2.02. The second-order valence-corrected chi connectivity index (χ2v) is 5.60. The van der Waals surface area contributed by atoms with Gasteiger partial charge in [0.05, 0.1) is 7.11 Å². The van der Waals surface area contributed by atoms with Gasteiger partial charge in [0, 0.05) is 17.0 Å². The van der Waals surface area contributed by atoms with Crippen molar-refractivity contribution in [2.24, 2.45) is 0 Å². The smallest absolute Gasteiger partial charge is 0.145 e. The number of pyridine rings is 1. The lowest BCUT2D eigenvalue weighted by atomic mass is 10.1. The quantitative estimate of drug-likeness (QED) is 0.750. The number of hydrogen-bond acceptors (Lipinski definition) is 3. The van der Waals surface area contributed by atoms with Crippen LogP contribution in [0.4, 0.5) is 5.82 Å². The molecule has 0 saturated carbocycles. The highest BCUT2D eigenvalue weighted by molar-refractivity contribution is 6.30. The molecule has 0 bridgehead atoms. The number of halogens is 1. The van der Waals surface area contributed by atoms with Gasteiger partial charge < -0.3 is 10.1 Å². The molecule has 3 aromatic rings. The number of aromatic nitrogens is 1. The third-order valence-electron chi connectivity index (χ3n) is 3.59. The molecule has 1 heterocycles. The van der Waals surface area contributed by atoms with Gasteiger partial charge in [0.1, 0.15) is 17.1 Å². The van der Waals surface area contributed by atoms with Gasteiger partial charge in [-0.2, -0.15) is 0 Å². The van der Waals surface area contributed by atoms with Crippen molar-refractivity contribution in [3.8, 4) is 5.75 Å². The van der Waals surface area contributed by atoms with Crippen molar-refractivity contribution in [3.05, 3.63) is 64.7 Å². The molecule has 1 aromatic heterocycles. The van der Waals surface area contributed by atoms with E-state index in [0.29, 0.717) is 6.54 Å². The Bertz CT molecular complexity index is 817. The first-order valence-corrected chi connectivity index (χ1v) is 7.48. The second kappa shape index (κ2) is 6.24.